The van der Waals surface area contributed by atoms with Crippen molar-refractivity contribution in [1.82, 2.24) is 10.2 Å². The van der Waals surface area contributed by atoms with Crippen molar-refractivity contribution >= 4 is 23.4 Å². The van der Waals surface area contributed by atoms with Gasteiger partial charge in [-0.25, -0.2) is 0 Å². The summed E-state index contributed by atoms with van der Waals surface area (Å²) in [5.41, 5.74) is 1.67. The molecule has 2 aromatic carbocycles. The Bertz CT molecular complexity index is 793. The molecule has 28 heavy (non-hydrogen) atoms. The Morgan fingerprint density at radius 2 is 1.82 bits per heavy atom. The van der Waals surface area contributed by atoms with Gasteiger partial charge in [-0.1, -0.05) is 48.9 Å². The molecule has 150 valence electrons. The van der Waals surface area contributed by atoms with Crippen molar-refractivity contribution in [1.29, 1.82) is 0 Å². The number of halogens is 1. The van der Waals surface area contributed by atoms with Gasteiger partial charge in [0.1, 0.15) is 11.8 Å². The van der Waals surface area contributed by atoms with Crippen LogP contribution in [0.15, 0.2) is 48.5 Å². The lowest BCUT2D eigenvalue weighted by atomic mass is 10.1. The van der Waals surface area contributed by atoms with Gasteiger partial charge in [0.25, 0.3) is 0 Å². The van der Waals surface area contributed by atoms with Crippen LogP contribution in [-0.2, 0) is 22.6 Å². The summed E-state index contributed by atoms with van der Waals surface area (Å²) in [4.78, 5) is 27.2. The van der Waals surface area contributed by atoms with Crippen LogP contribution < -0.4 is 10.1 Å². The summed E-state index contributed by atoms with van der Waals surface area (Å²) in [5, 5.41) is 3.44. The van der Waals surface area contributed by atoms with Gasteiger partial charge < -0.3 is 15.0 Å². The Kier molecular flexibility index (Phi) is 8.33. The van der Waals surface area contributed by atoms with Crippen LogP contribution in [0.4, 0.5) is 0 Å². The molecule has 0 fully saturated rings. The highest BCUT2D eigenvalue weighted by molar-refractivity contribution is 6.31. The highest BCUT2D eigenvalue weighted by atomic mass is 35.5. The highest BCUT2D eigenvalue weighted by Crippen LogP contribution is 2.20. The number of nitrogens with zero attached hydrogens (tertiary/aromatic N) is 1. The molecule has 0 aliphatic heterocycles. The molecular formula is C22H27ClN2O3. The second-order valence-electron chi connectivity index (χ2n) is 6.60. The number of benzene rings is 2. The Balaban J connectivity index is 2.21. The molecule has 2 amide bonds. The predicted octanol–water partition coefficient (Wildman–Crippen LogP) is 3.83. The van der Waals surface area contributed by atoms with E-state index in [0.717, 1.165) is 23.3 Å². The fourth-order valence-corrected chi connectivity index (χ4v) is 3.00. The standard InChI is InChI=1S/C22H27ClN2O3/c1-4-13-24-22(27)16(2)25(15-18-7-5-6-8-20(18)23)21(26)14-17-9-11-19(28-3)12-10-17/h5-12,16H,4,13-15H2,1-3H3,(H,24,27)/t16-/m0/s1. The summed E-state index contributed by atoms with van der Waals surface area (Å²) >= 11 is 6.28. The molecule has 6 heteroatoms. The second kappa shape index (κ2) is 10.7. The van der Waals surface area contributed by atoms with Gasteiger partial charge in [0.05, 0.1) is 13.5 Å². The van der Waals surface area contributed by atoms with Crippen molar-refractivity contribution in [3.8, 4) is 5.75 Å². The Morgan fingerprint density at radius 1 is 1.14 bits per heavy atom. The second-order valence-corrected chi connectivity index (χ2v) is 7.01. The van der Waals surface area contributed by atoms with Crippen LogP contribution >= 0.6 is 11.6 Å². The molecule has 0 spiro atoms. The van der Waals surface area contributed by atoms with Crippen LogP contribution in [0.3, 0.4) is 0 Å². The van der Waals surface area contributed by atoms with Crippen LogP contribution in [0.2, 0.25) is 5.02 Å². The van der Waals surface area contributed by atoms with E-state index in [1.807, 2.05) is 49.4 Å². The number of hydrogen-bond donors (Lipinski definition) is 1. The molecule has 0 bridgehead atoms. The maximum absolute atomic E-state index is 13.1. The largest absolute Gasteiger partial charge is 0.497 e. The molecule has 2 aromatic rings. The first-order valence-corrected chi connectivity index (χ1v) is 9.77. The fraction of sp³-hybridized carbons (Fsp3) is 0.364. The summed E-state index contributed by atoms with van der Waals surface area (Å²) in [6.07, 6.45) is 1.03. The lowest BCUT2D eigenvalue weighted by Gasteiger charge is -2.29. The molecular weight excluding hydrogens is 376 g/mol. The molecule has 1 N–H and O–H groups in total. The average Bonchev–Trinajstić information content (AvgIpc) is 2.71. The quantitative estimate of drug-likeness (QED) is 0.693. The van der Waals surface area contributed by atoms with Crippen molar-refractivity contribution in [2.75, 3.05) is 13.7 Å². The van der Waals surface area contributed by atoms with Crippen molar-refractivity contribution in [2.45, 2.75) is 39.3 Å². The van der Waals surface area contributed by atoms with Crippen LogP contribution in [0, 0.1) is 0 Å². The Hall–Kier alpha value is -2.53. The minimum atomic E-state index is -0.603. The minimum absolute atomic E-state index is 0.135. The van der Waals surface area contributed by atoms with Gasteiger partial charge >= 0.3 is 0 Å². The summed E-state index contributed by atoms with van der Waals surface area (Å²) < 4.78 is 5.16. The molecule has 0 radical (unpaired) electrons. The smallest absolute Gasteiger partial charge is 0.242 e. The van der Waals surface area contributed by atoms with Crippen LogP contribution in [0.5, 0.6) is 5.75 Å². The molecule has 1 atom stereocenters. The van der Waals surface area contributed by atoms with E-state index in [9.17, 15) is 9.59 Å². The third kappa shape index (κ3) is 5.99. The molecule has 0 heterocycles. The lowest BCUT2D eigenvalue weighted by Crippen LogP contribution is -2.48. The predicted molar refractivity (Wildman–Crippen MR) is 111 cm³/mol. The van der Waals surface area contributed by atoms with Gasteiger partial charge in [-0.2, -0.15) is 0 Å². The van der Waals surface area contributed by atoms with Gasteiger partial charge in [0.2, 0.25) is 11.8 Å². The number of ether oxygens (including phenoxy) is 1. The molecule has 5 nitrogen and oxygen atoms in total. The number of hydrogen-bond acceptors (Lipinski definition) is 3. The minimum Gasteiger partial charge on any atom is -0.497 e. The SMILES string of the molecule is CCCNC(=O)[C@H](C)N(Cc1ccccc1Cl)C(=O)Cc1ccc(OC)cc1. The Morgan fingerprint density at radius 3 is 2.43 bits per heavy atom. The third-order valence-electron chi connectivity index (χ3n) is 4.53. The molecule has 0 unspecified atom stereocenters. The number of amides is 2. The van der Waals surface area contributed by atoms with E-state index in [2.05, 4.69) is 5.32 Å². The average molecular weight is 403 g/mol. The zero-order chi connectivity index (χ0) is 20.5. The maximum atomic E-state index is 13.1. The summed E-state index contributed by atoms with van der Waals surface area (Å²) in [7, 11) is 1.60. The number of carbonyl (C=O) groups is 2. The van der Waals surface area contributed by atoms with E-state index >= 15 is 0 Å². The van der Waals surface area contributed by atoms with Gasteiger partial charge in [-0.15, -0.1) is 0 Å². The molecule has 0 aliphatic carbocycles. The molecule has 0 saturated carbocycles. The van der Waals surface area contributed by atoms with Crippen molar-refractivity contribution in [2.24, 2.45) is 0 Å². The van der Waals surface area contributed by atoms with Crippen LogP contribution in [0.25, 0.3) is 0 Å². The van der Waals surface area contributed by atoms with Gasteiger partial charge in [0.15, 0.2) is 0 Å². The van der Waals surface area contributed by atoms with Crippen LogP contribution in [0.1, 0.15) is 31.4 Å². The summed E-state index contributed by atoms with van der Waals surface area (Å²) in [5.74, 6) is 0.428. The zero-order valence-corrected chi connectivity index (χ0v) is 17.3. The van der Waals surface area contributed by atoms with E-state index < -0.39 is 6.04 Å². The van der Waals surface area contributed by atoms with E-state index in [4.69, 9.17) is 16.3 Å². The van der Waals surface area contributed by atoms with Crippen molar-refractivity contribution in [3.05, 3.63) is 64.7 Å². The third-order valence-corrected chi connectivity index (χ3v) is 4.90. The lowest BCUT2D eigenvalue weighted by molar-refractivity contribution is -0.140. The topological polar surface area (TPSA) is 58.6 Å². The first kappa shape index (κ1) is 21.8. The Labute approximate surface area is 171 Å². The molecule has 2 rings (SSSR count). The molecule has 0 aromatic heterocycles. The van der Waals surface area contributed by atoms with Crippen molar-refractivity contribution in [3.63, 3.8) is 0 Å². The zero-order valence-electron chi connectivity index (χ0n) is 16.6. The number of nitrogens with one attached hydrogen (secondary N) is 1. The van der Waals surface area contributed by atoms with Crippen LogP contribution in [-0.4, -0.2) is 36.4 Å². The normalized spacial score (nSPS) is 11.6. The molecule has 0 saturated heterocycles. The first-order chi connectivity index (χ1) is 13.5. The highest BCUT2D eigenvalue weighted by Gasteiger charge is 2.26. The number of rotatable bonds is 9. The number of methoxy groups -OCH3 is 1. The molecule has 0 aliphatic rings. The van der Waals surface area contributed by atoms with E-state index in [1.165, 1.54) is 0 Å². The van der Waals surface area contributed by atoms with Gasteiger partial charge in [-0.3, -0.25) is 9.59 Å². The van der Waals surface area contributed by atoms with E-state index in [-0.39, 0.29) is 24.8 Å². The monoisotopic (exact) mass is 402 g/mol. The summed E-state index contributed by atoms with van der Waals surface area (Å²) in [6, 6.07) is 14.1. The first-order valence-electron chi connectivity index (χ1n) is 9.39. The van der Waals surface area contributed by atoms with Crippen molar-refractivity contribution < 1.29 is 14.3 Å². The summed E-state index contributed by atoms with van der Waals surface area (Å²) in [6.45, 7) is 4.58. The fourth-order valence-electron chi connectivity index (χ4n) is 2.81. The van der Waals surface area contributed by atoms with E-state index in [0.29, 0.717) is 11.6 Å². The van der Waals surface area contributed by atoms with Gasteiger partial charge in [0, 0.05) is 18.1 Å². The number of carbonyl (C=O) groups excluding carboxylic acids is 2. The van der Waals surface area contributed by atoms with E-state index in [1.54, 1.807) is 25.0 Å². The maximum Gasteiger partial charge on any atom is 0.242 e. The van der Waals surface area contributed by atoms with Gasteiger partial charge in [-0.05, 0) is 42.7 Å².